The molecular weight excluding hydrogens is 190 g/mol. The molecule has 2 aromatic rings. The summed E-state index contributed by atoms with van der Waals surface area (Å²) in [5.74, 6) is 1.05. The first-order chi connectivity index (χ1) is 7.29. The van der Waals surface area contributed by atoms with E-state index in [2.05, 4.69) is 5.32 Å². The normalized spacial score (nSPS) is 9.93. The highest BCUT2D eigenvalue weighted by Crippen LogP contribution is 2.19. The van der Waals surface area contributed by atoms with Gasteiger partial charge in [0.1, 0.15) is 5.76 Å². The van der Waals surface area contributed by atoms with Gasteiger partial charge in [0, 0.05) is 24.7 Å². The third-order valence-electron chi connectivity index (χ3n) is 2.07. The minimum atomic E-state index is -0.0653. The zero-order valence-corrected chi connectivity index (χ0v) is 8.36. The van der Waals surface area contributed by atoms with Gasteiger partial charge in [-0.05, 0) is 0 Å². The van der Waals surface area contributed by atoms with Gasteiger partial charge < -0.3 is 9.73 Å². The molecule has 76 valence electrons. The van der Waals surface area contributed by atoms with Crippen molar-refractivity contribution in [2.24, 2.45) is 0 Å². The summed E-state index contributed by atoms with van der Waals surface area (Å²) in [6, 6.07) is 12.4. The Balaban J connectivity index is 2.54. The summed E-state index contributed by atoms with van der Waals surface area (Å²) < 4.78 is 5.48. The lowest BCUT2D eigenvalue weighted by atomic mass is 10.1. The van der Waals surface area contributed by atoms with Crippen LogP contribution in [0.1, 0.15) is 0 Å². The first-order valence-corrected chi connectivity index (χ1v) is 4.68. The quantitative estimate of drug-likeness (QED) is 0.810. The lowest BCUT2D eigenvalue weighted by Crippen LogP contribution is -2.00. The molecule has 0 atom stereocenters. The molecule has 0 aliphatic heterocycles. The van der Waals surface area contributed by atoms with E-state index in [0.717, 1.165) is 5.56 Å². The number of anilines is 1. The molecule has 0 fully saturated rings. The molecular formula is C12H11NO2. The molecule has 0 radical (unpaired) electrons. The smallest absolute Gasteiger partial charge is 0.197 e. The SMILES string of the molecule is CNc1cc(=O)cc(-c2ccccc2)o1. The van der Waals surface area contributed by atoms with Crippen LogP contribution >= 0.6 is 0 Å². The summed E-state index contributed by atoms with van der Waals surface area (Å²) in [6.45, 7) is 0. The van der Waals surface area contributed by atoms with Crippen molar-refractivity contribution >= 4 is 5.88 Å². The predicted molar refractivity (Wildman–Crippen MR) is 60.0 cm³/mol. The molecule has 1 aromatic carbocycles. The van der Waals surface area contributed by atoms with Gasteiger partial charge in [-0.3, -0.25) is 4.79 Å². The van der Waals surface area contributed by atoms with Crippen molar-refractivity contribution in [2.45, 2.75) is 0 Å². The highest BCUT2D eigenvalue weighted by atomic mass is 16.4. The van der Waals surface area contributed by atoms with Gasteiger partial charge in [0.15, 0.2) is 11.3 Å². The van der Waals surface area contributed by atoms with Crippen LogP contribution in [-0.2, 0) is 0 Å². The van der Waals surface area contributed by atoms with Gasteiger partial charge >= 0.3 is 0 Å². The molecule has 15 heavy (non-hydrogen) atoms. The molecule has 0 unspecified atom stereocenters. The predicted octanol–water partition coefficient (Wildman–Crippen LogP) is 2.35. The van der Waals surface area contributed by atoms with E-state index in [9.17, 15) is 4.79 Å². The van der Waals surface area contributed by atoms with Crippen molar-refractivity contribution in [1.82, 2.24) is 0 Å². The molecule has 1 aromatic heterocycles. The Hall–Kier alpha value is -2.03. The van der Waals surface area contributed by atoms with Crippen molar-refractivity contribution in [1.29, 1.82) is 0 Å². The van der Waals surface area contributed by atoms with Crippen LogP contribution in [0.15, 0.2) is 51.7 Å². The van der Waals surface area contributed by atoms with Crippen molar-refractivity contribution in [2.75, 3.05) is 12.4 Å². The van der Waals surface area contributed by atoms with E-state index in [4.69, 9.17) is 4.42 Å². The van der Waals surface area contributed by atoms with Crippen LogP contribution < -0.4 is 10.7 Å². The summed E-state index contributed by atoms with van der Waals surface area (Å²) in [4.78, 5) is 11.3. The molecule has 0 aliphatic rings. The molecule has 0 bridgehead atoms. The molecule has 0 amide bonds. The first-order valence-electron chi connectivity index (χ1n) is 4.68. The lowest BCUT2D eigenvalue weighted by Gasteiger charge is -2.03. The maximum absolute atomic E-state index is 11.3. The fraction of sp³-hybridized carbons (Fsp3) is 0.0833. The maximum atomic E-state index is 11.3. The van der Waals surface area contributed by atoms with Gasteiger partial charge in [-0.2, -0.15) is 0 Å². The topological polar surface area (TPSA) is 42.2 Å². The van der Waals surface area contributed by atoms with E-state index in [1.165, 1.54) is 12.1 Å². The monoisotopic (exact) mass is 201 g/mol. The Labute approximate surface area is 87.4 Å². The van der Waals surface area contributed by atoms with Crippen LogP contribution in [0.4, 0.5) is 5.88 Å². The highest BCUT2D eigenvalue weighted by Gasteiger charge is 2.02. The standard InChI is InChI=1S/C12H11NO2/c1-13-12-8-10(14)7-11(15-12)9-5-3-2-4-6-9/h2-8,13H,1H3. The second-order valence-corrected chi connectivity index (χ2v) is 3.14. The number of benzene rings is 1. The van der Waals surface area contributed by atoms with Crippen LogP contribution in [0.25, 0.3) is 11.3 Å². The largest absolute Gasteiger partial charge is 0.441 e. The fourth-order valence-corrected chi connectivity index (χ4v) is 1.35. The van der Waals surface area contributed by atoms with Crippen molar-refractivity contribution in [3.8, 4) is 11.3 Å². The zero-order valence-electron chi connectivity index (χ0n) is 8.36. The second kappa shape index (κ2) is 4.00. The molecule has 0 spiro atoms. The van der Waals surface area contributed by atoms with E-state index >= 15 is 0 Å². The number of hydrogen-bond acceptors (Lipinski definition) is 3. The molecule has 1 N–H and O–H groups in total. The third kappa shape index (κ3) is 2.07. The first kappa shape index (κ1) is 9.52. The van der Waals surface area contributed by atoms with Crippen LogP contribution in [0, 0.1) is 0 Å². The van der Waals surface area contributed by atoms with E-state index in [0.29, 0.717) is 11.6 Å². The van der Waals surface area contributed by atoms with Crippen LogP contribution in [-0.4, -0.2) is 7.05 Å². The van der Waals surface area contributed by atoms with E-state index in [-0.39, 0.29) is 5.43 Å². The Kier molecular flexibility index (Phi) is 2.54. The van der Waals surface area contributed by atoms with Crippen LogP contribution in [0.2, 0.25) is 0 Å². The Morgan fingerprint density at radius 3 is 2.53 bits per heavy atom. The van der Waals surface area contributed by atoms with Crippen LogP contribution in [0.5, 0.6) is 0 Å². The Morgan fingerprint density at radius 2 is 1.87 bits per heavy atom. The molecule has 1 heterocycles. The molecule has 0 saturated heterocycles. The molecule has 0 saturated carbocycles. The van der Waals surface area contributed by atoms with E-state index in [1.807, 2.05) is 30.3 Å². The van der Waals surface area contributed by atoms with Gasteiger partial charge in [-0.15, -0.1) is 0 Å². The summed E-state index contributed by atoms with van der Waals surface area (Å²) in [7, 11) is 1.72. The summed E-state index contributed by atoms with van der Waals surface area (Å²) in [6.07, 6.45) is 0. The molecule has 3 heteroatoms. The summed E-state index contributed by atoms with van der Waals surface area (Å²) in [5.41, 5.74) is 0.830. The average Bonchev–Trinajstić information content (AvgIpc) is 2.29. The minimum absolute atomic E-state index is 0.0653. The summed E-state index contributed by atoms with van der Waals surface area (Å²) in [5, 5.41) is 2.81. The fourth-order valence-electron chi connectivity index (χ4n) is 1.35. The Bertz CT molecular complexity index is 503. The van der Waals surface area contributed by atoms with Crippen molar-refractivity contribution in [3.63, 3.8) is 0 Å². The second-order valence-electron chi connectivity index (χ2n) is 3.14. The molecule has 2 rings (SSSR count). The van der Waals surface area contributed by atoms with Gasteiger partial charge in [0.25, 0.3) is 0 Å². The molecule has 3 nitrogen and oxygen atoms in total. The number of hydrogen-bond donors (Lipinski definition) is 1. The average molecular weight is 201 g/mol. The molecule has 0 aliphatic carbocycles. The van der Waals surface area contributed by atoms with E-state index < -0.39 is 0 Å². The maximum Gasteiger partial charge on any atom is 0.197 e. The van der Waals surface area contributed by atoms with Gasteiger partial charge in [0.05, 0.1) is 0 Å². The van der Waals surface area contributed by atoms with Crippen LogP contribution in [0.3, 0.4) is 0 Å². The Morgan fingerprint density at radius 1 is 1.13 bits per heavy atom. The van der Waals surface area contributed by atoms with Gasteiger partial charge in [-0.1, -0.05) is 30.3 Å². The highest BCUT2D eigenvalue weighted by molar-refractivity contribution is 5.57. The number of nitrogens with one attached hydrogen (secondary N) is 1. The summed E-state index contributed by atoms with van der Waals surface area (Å²) >= 11 is 0. The van der Waals surface area contributed by atoms with Gasteiger partial charge in [0.2, 0.25) is 0 Å². The third-order valence-corrected chi connectivity index (χ3v) is 2.07. The number of rotatable bonds is 2. The van der Waals surface area contributed by atoms with Gasteiger partial charge in [-0.25, -0.2) is 0 Å². The van der Waals surface area contributed by atoms with Crippen molar-refractivity contribution < 1.29 is 4.42 Å². The van der Waals surface area contributed by atoms with E-state index in [1.54, 1.807) is 7.05 Å². The lowest BCUT2D eigenvalue weighted by molar-refractivity contribution is 0.581. The zero-order chi connectivity index (χ0) is 10.7. The van der Waals surface area contributed by atoms with Crippen molar-refractivity contribution in [3.05, 3.63) is 52.7 Å². The minimum Gasteiger partial charge on any atom is -0.441 e.